The molecule has 0 rings (SSSR count). The molecule has 0 aromatic heterocycles. The number of nitrogens with two attached hydrogens (primary N) is 2. The van der Waals surface area contributed by atoms with Crippen LogP contribution in [0.25, 0.3) is 0 Å². The maximum absolute atomic E-state index is 10.2. The number of amides is 2. The van der Waals surface area contributed by atoms with Crippen LogP contribution >= 0.6 is 12.2 Å². The van der Waals surface area contributed by atoms with Crippen LogP contribution in [0.1, 0.15) is 0 Å². The molecule has 0 aromatic rings. The molecule has 0 spiro atoms. The molecule has 5 N–H and O–H groups in total. The first-order valence-electron chi connectivity index (χ1n) is 1.88. The zero-order valence-electron chi connectivity index (χ0n) is 4.37. The van der Waals surface area contributed by atoms with E-state index in [1.165, 1.54) is 0 Å². The first-order valence-corrected chi connectivity index (χ1v) is 3.13. The van der Waals surface area contributed by atoms with Crippen LogP contribution in [0.5, 0.6) is 0 Å². The van der Waals surface area contributed by atoms with Crippen molar-refractivity contribution in [3.05, 3.63) is 0 Å². The summed E-state index contributed by atoms with van der Waals surface area (Å²) in [5.74, 6) is 0. The van der Waals surface area contributed by atoms with Crippen LogP contribution in [0.4, 0.5) is 4.79 Å². The van der Waals surface area contributed by atoms with Crippen LogP contribution < -0.4 is 16.9 Å². The monoisotopic (exact) mass is 214 g/mol. The van der Waals surface area contributed by atoms with Crippen LogP contribution in [0.3, 0.4) is 0 Å². The first kappa shape index (κ1) is 8.48. The molecule has 0 aliphatic rings. The first-order chi connectivity index (χ1) is 4.04. The van der Waals surface area contributed by atoms with Crippen LogP contribution in [0, 0.1) is 0 Å². The Morgan fingerprint density at radius 3 is 2.22 bits per heavy atom. The summed E-state index contributed by atoms with van der Waals surface area (Å²) in [5.41, 5.74) is 12.1. The van der Waals surface area contributed by atoms with Gasteiger partial charge in [0.2, 0.25) is 0 Å². The molecule has 0 saturated carbocycles. The van der Waals surface area contributed by atoms with Crippen molar-refractivity contribution in [3.8, 4) is 0 Å². The molecular weight excluding hydrogens is 207 g/mol. The number of nitrogens with one attached hydrogen (secondary N) is 1. The van der Waals surface area contributed by atoms with Gasteiger partial charge in [-0.3, -0.25) is 0 Å². The fourth-order valence-corrected chi connectivity index (χ4v) is 0.624. The van der Waals surface area contributed by atoms with Gasteiger partial charge in [-0.2, -0.15) is 0 Å². The fourth-order valence-electron chi connectivity index (χ4n) is 0.159. The molecule has 9 heavy (non-hydrogen) atoms. The summed E-state index contributed by atoms with van der Waals surface area (Å²) in [4.78, 5) is 10.2. The van der Waals surface area contributed by atoms with Gasteiger partial charge in [-0.05, 0) is 0 Å². The van der Waals surface area contributed by atoms with E-state index in [0.29, 0.717) is 0 Å². The number of carbonyl (C=O) groups excluding carboxylic acids is 1. The summed E-state index contributed by atoms with van der Waals surface area (Å²) in [6.07, 6.45) is 0. The average Bonchev–Trinajstić information content (AvgIpc) is 1.63. The fraction of sp³-hybridized carbons (Fsp3) is 0. The van der Waals surface area contributed by atoms with Gasteiger partial charge in [0.25, 0.3) is 0 Å². The van der Waals surface area contributed by atoms with E-state index in [0.717, 1.165) is 4.03 Å². The van der Waals surface area contributed by atoms with Gasteiger partial charge in [-0.15, -0.1) is 0 Å². The van der Waals surface area contributed by atoms with Gasteiger partial charge in [0.1, 0.15) is 0 Å². The summed E-state index contributed by atoms with van der Waals surface area (Å²) >= 11 is 6.25. The number of carbonyl (C=O) groups is 1. The predicted octanol–water partition coefficient (Wildman–Crippen LogP) is -2.07. The van der Waals surface area contributed by atoms with Gasteiger partial charge in [0, 0.05) is 0 Å². The van der Waals surface area contributed by atoms with Crippen molar-refractivity contribution in [1.82, 2.24) is 9.45 Å². The molecule has 0 bridgehead atoms. The van der Waals surface area contributed by atoms with Gasteiger partial charge in [-0.25, -0.2) is 0 Å². The summed E-state index contributed by atoms with van der Waals surface area (Å²) in [5, 5.41) is -0.00516. The third-order valence-corrected chi connectivity index (χ3v) is 1.14. The molecule has 0 atom stereocenters. The Labute approximate surface area is 65.7 Å². The molecule has 0 fully saturated rings. The third kappa shape index (κ3) is 4.01. The quantitative estimate of drug-likeness (QED) is 0.245. The van der Waals surface area contributed by atoms with Crippen LogP contribution in [-0.2, 0) is 0 Å². The summed E-state index contributed by atoms with van der Waals surface area (Å²) in [6, 6.07) is -0.664. The van der Waals surface area contributed by atoms with E-state index in [2.05, 4.69) is 17.6 Å². The van der Waals surface area contributed by atoms with Gasteiger partial charge >= 0.3 is 65.3 Å². The molecule has 0 saturated heterocycles. The normalized spacial score (nSPS) is 8.11. The second-order valence-corrected chi connectivity index (χ2v) is 2.41. The Balaban J connectivity index is 3.63. The van der Waals surface area contributed by atoms with Gasteiger partial charge in [0.05, 0.1) is 0 Å². The second kappa shape index (κ2) is 3.49. The van der Waals surface area contributed by atoms with Crippen LogP contribution in [0.15, 0.2) is 0 Å². The number of hydrogen-bond donors (Lipinski definition) is 3. The number of nitrogens with zero attached hydrogens (tertiary/aromatic N) is 1. The van der Waals surface area contributed by atoms with E-state index in [-0.39, 0.29) is 5.11 Å². The zero-order chi connectivity index (χ0) is 7.44. The van der Waals surface area contributed by atoms with Gasteiger partial charge in [-0.1, -0.05) is 0 Å². The topological polar surface area (TPSA) is 84.4 Å². The predicted molar refractivity (Wildman–Crippen MR) is 38.5 cm³/mol. The molecule has 0 aliphatic carbocycles. The van der Waals surface area contributed by atoms with Crippen molar-refractivity contribution < 1.29 is 4.79 Å². The number of primary amides is 1. The van der Waals surface area contributed by atoms with Crippen molar-refractivity contribution in [2.45, 2.75) is 0 Å². The van der Waals surface area contributed by atoms with E-state index < -0.39 is 6.03 Å². The Morgan fingerprint density at radius 2 is 2.11 bits per heavy atom. The van der Waals surface area contributed by atoms with Crippen molar-refractivity contribution in [2.75, 3.05) is 0 Å². The summed E-state index contributed by atoms with van der Waals surface area (Å²) in [7, 11) is 0. The molecule has 0 heterocycles. The Hall–Kier alpha value is -0.521. The van der Waals surface area contributed by atoms with E-state index in [1.807, 2.05) is 16.2 Å². The van der Waals surface area contributed by atoms with E-state index >= 15 is 0 Å². The van der Waals surface area contributed by atoms with E-state index in [9.17, 15) is 4.79 Å². The van der Waals surface area contributed by atoms with Gasteiger partial charge < -0.3 is 0 Å². The molecule has 0 aromatic carbocycles. The number of hydrogen-bond acceptors (Lipinski definition) is 2. The number of hydrazine groups is 1. The SMILES string of the molecule is NC(=O)N([SeH])NC(N)=S. The van der Waals surface area contributed by atoms with Crippen LogP contribution in [-0.4, -0.2) is 31.4 Å². The van der Waals surface area contributed by atoms with Crippen molar-refractivity contribution >= 4 is 39.6 Å². The summed E-state index contributed by atoms with van der Waals surface area (Å²) in [6.45, 7) is 0. The Kier molecular flexibility index (Phi) is 3.29. The molecule has 7 heteroatoms. The number of urea groups is 1. The number of thiocarbonyl (C=S) groups is 1. The van der Waals surface area contributed by atoms with Crippen molar-refractivity contribution in [2.24, 2.45) is 11.5 Å². The molecule has 52 valence electrons. The van der Waals surface area contributed by atoms with E-state index in [4.69, 9.17) is 11.5 Å². The maximum atomic E-state index is 10.2. The number of rotatable bonds is 0. The molecule has 0 unspecified atom stereocenters. The molecule has 0 aliphatic heterocycles. The molecular formula is C2H6N4OSSe. The van der Waals surface area contributed by atoms with E-state index in [1.54, 1.807) is 0 Å². The minimum atomic E-state index is -0.664. The average molecular weight is 213 g/mol. The molecule has 2 amide bonds. The van der Waals surface area contributed by atoms with Crippen LogP contribution in [0.2, 0.25) is 0 Å². The van der Waals surface area contributed by atoms with Gasteiger partial charge in [0.15, 0.2) is 0 Å². The minimum absolute atomic E-state index is 0.00516. The third-order valence-electron chi connectivity index (χ3n) is 0.425. The Bertz CT molecular complexity index is 139. The van der Waals surface area contributed by atoms with Crippen molar-refractivity contribution in [3.63, 3.8) is 0 Å². The molecule has 0 radical (unpaired) electrons. The Morgan fingerprint density at radius 1 is 1.67 bits per heavy atom. The molecule has 5 nitrogen and oxygen atoms in total. The zero-order valence-corrected chi connectivity index (χ0v) is 7.06. The second-order valence-electron chi connectivity index (χ2n) is 1.13. The standard InChI is InChI=1S/C2H6N4OSSe/c3-1(8)5-6(9)2(4)7/h9H,(H2,4,7)(H3,3,5,8). The van der Waals surface area contributed by atoms with Crippen molar-refractivity contribution in [1.29, 1.82) is 0 Å². The summed E-state index contributed by atoms with van der Waals surface area (Å²) < 4.78 is 0.926.